The second kappa shape index (κ2) is 7.41. The van der Waals surface area contributed by atoms with Crippen molar-refractivity contribution in [1.29, 1.82) is 0 Å². The molecule has 0 fully saturated rings. The van der Waals surface area contributed by atoms with Crippen LogP contribution in [0.1, 0.15) is 32.0 Å². The molecule has 0 aliphatic rings. The first-order chi connectivity index (χ1) is 10.1. The smallest absolute Gasteiger partial charge is 0.149 e. The molecule has 0 amide bonds. The summed E-state index contributed by atoms with van der Waals surface area (Å²) in [5.41, 5.74) is 0.773. The normalized spacial score (nSPS) is 12.3. The molecule has 21 heavy (non-hydrogen) atoms. The van der Waals surface area contributed by atoms with Crippen LogP contribution in [0, 0.1) is 5.82 Å². The van der Waals surface area contributed by atoms with Gasteiger partial charge in [-0.15, -0.1) is 11.8 Å². The lowest BCUT2D eigenvalue weighted by Gasteiger charge is -2.08. The predicted molar refractivity (Wildman–Crippen MR) is 83.1 cm³/mol. The summed E-state index contributed by atoms with van der Waals surface area (Å²) in [6, 6.07) is 8.71. The Kier molecular flexibility index (Phi) is 5.56. The lowest BCUT2D eigenvalue weighted by molar-refractivity contribution is -0.116. The van der Waals surface area contributed by atoms with E-state index in [2.05, 4.69) is 18.9 Å². The molecule has 0 spiro atoms. The molecule has 0 radical (unpaired) electrons. The number of hydrogen-bond acceptors (Lipinski definition) is 3. The number of halogens is 1. The van der Waals surface area contributed by atoms with Crippen LogP contribution in [0.4, 0.5) is 4.39 Å². The summed E-state index contributed by atoms with van der Waals surface area (Å²) in [5.74, 6) is 0.0333. The number of carbonyl (C=O) groups is 1. The topological polar surface area (TPSA) is 34.9 Å². The van der Waals surface area contributed by atoms with Gasteiger partial charge in [-0.1, -0.05) is 19.1 Å². The summed E-state index contributed by atoms with van der Waals surface area (Å²) in [6.45, 7) is 4.19. The van der Waals surface area contributed by atoms with Gasteiger partial charge in [0.2, 0.25) is 0 Å². The largest absolute Gasteiger partial charge is 0.298 e. The average Bonchev–Trinajstić information content (AvgIpc) is 2.94. The summed E-state index contributed by atoms with van der Waals surface area (Å²) in [5, 5.41) is 4.41. The fourth-order valence-corrected chi connectivity index (χ4v) is 2.68. The molecule has 0 N–H and O–H groups in total. The molecule has 1 atom stereocenters. The highest BCUT2D eigenvalue weighted by Crippen LogP contribution is 2.21. The molecule has 5 heteroatoms. The van der Waals surface area contributed by atoms with Crippen LogP contribution in [0.2, 0.25) is 0 Å². The average molecular weight is 306 g/mol. The van der Waals surface area contributed by atoms with Gasteiger partial charge in [-0.2, -0.15) is 5.10 Å². The molecule has 1 unspecified atom stereocenters. The zero-order valence-corrected chi connectivity index (χ0v) is 13.1. The standard InChI is InChI=1S/C16H19FN2OS/c1-3-12(2)19-9-8-13(18-19)10-14(20)11-21-16-7-5-4-6-15(16)17/h4-9,12H,3,10-11H2,1-2H3. The van der Waals surface area contributed by atoms with E-state index in [0.717, 1.165) is 12.1 Å². The van der Waals surface area contributed by atoms with Gasteiger partial charge in [0.25, 0.3) is 0 Å². The molecule has 0 aliphatic heterocycles. The van der Waals surface area contributed by atoms with Gasteiger partial charge >= 0.3 is 0 Å². The third kappa shape index (κ3) is 4.43. The molecule has 1 aromatic heterocycles. The number of nitrogens with zero attached hydrogens (tertiary/aromatic N) is 2. The molecule has 0 saturated heterocycles. The van der Waals surface area contributed by atoms with E-state index in [1.165, 1.54) is 17.8 Å². The van der Waals surface area contributed by atoms with Crippen LogP contribution >= 0.6 is 11.8 Å². The first-order valence-corrected chi connectivity index (χ1v) is 8.01. The second-order valence-corrected chi connectivity index (χ2v) is 6.00. The van der Waals surface area contributed by atoms with E-state index in [0.29, 0.717) is 17.4 Å². The number of aromatic nitrogens is 2. The lowest BCUT2D eigenvalue weighted by Crippen LogP contribution is -2.09. The highest BCUT2D eigenvalue weighted by Gasteiger charge is 2.10. The van der Waals surface area contributed by atoms with E-state index < -0.39 is 0 Å². The van der Waals surface area contributed by atoms with E-state index in [4.69, 9.17) is 0 Å². The molecule has 3 nitrogen and oxygen atoms in total. The zero-order chi connectivity index (χ0) is 15.2. The van der Waals surface area contributed by atoms with Crippen molar-refractivity contribution >= 4 is 17.5 Å². The summed E-state index contributed by atoms with van der Waals surface area (Å²) in [4.78, 5) is 12.5. The quantitative estimate of drug-likeness (QED) is 0.728. The summed E-state index contributed by atoms with van der Waals surface area (Å²) in [7, 11) is 0. The molecule has 0 aliphatic carbocycles. The maximum atomic E-state index is 13.5. The number of thioether (sulfide) groups is 1. The number of hydrogen-bond donors (Lipinski definition) is 0. The van der Waals surface area contributed by atoms with Gasteiger partial charge in [0, 0.05) is 17.1 Å². The Morgan fingerprint density at radius 2 is 2.14 bits per heavy atom. The number of ketones is 1. The fourth-order valence-electron chi connectivity index (χ4n) is 1.88. The Balaban J connectivity index is 1.87. The van der Waals surface area contributed by atoms with Gasteiger partial charge in [-0.05, 0) is 31.5 Å². The van der Waals surface area contributed by atoms with Crippen LogP contribution < -0.4 is 0 Å². The van der Waals surface area contributed by atoms with Gasteiger partial charge in [0.15, 0.2) is 0 Å². The molecular formula is C16H19FN2OS. The van der Waals surface area contributed by atoms with Crippen LogP contribution in [0.3, 0.4) is 0 Å². The highest BCUT2D eigenvalue weighted by molar-refractivity contribution is 8.00. The van der Waals surface area contributed by atoms with Crippen molar-refractivity contribution in [3.63, 3.8) is 0 Å². The van der Waals surface area contributed by atoms with Gasteiger partial charge in [0.05, 0.1) is 17.9 Å². The van der Waals surface area contributed by atoms with E-state index in [-0.39, 0.29) is 17.4 Å². The molecule has 1 aromatic carbocycles. The van der Waals surface area contributed by atoms with Gasteiger partial charge in [-0.3, -0.25) is 9.48 Å². The minimum atomic E-state index is -0.281. The van der Waals surface area contributed by atoms with E-state index >= 15 is 0 Å². The second-order valence-electron chi connectivity index (χ2n) is 4.98. The van der Waals surface area contributed by atoms with Crippen LogP contribution in [0.15, 0.2) is 41.4 Å². The molecule has 1 heterocycles. The molecular weight excluding hydrogens is 287 g/mol. The number of carbonyl (C=O) groups excluding carboxylic acids is 1. The fraction of sp³-hybridized carbons (Fsp3) is 0.375. The van der Waals surface area contributed by atoms with Crippen LogP contribution in [0.5, 0.6) is 0 Å². The third-order valence-corrected chi connectivity index (χ3v) is 4.42. The minimum absolute atomic E-state index is 0.0534. The van der Waals surface area contributed by atoms with Gasteiger partial charge in [-0.25, -0.2) is 4.39 Å². The van der Waals surface area contributed by atoms with E-state index in [9.17, 15) is 9.18 Å². The van der Waals surface area contributed by atoms with Crippen LogP contribution in [-0.2, 0) is 11.2 Å². The summed E-state index contributed by atoms with van der Waals surface area (Å²) in [6.07, 6.45) is 3.20. The summed E-state index contributed by atoms with van der Waals surface area (Å²) < 4.78 is 15.3. The van der Waals surface area contributed by atoms with Crippen LogP contribution in [-0.4, -0.2) is 21.3 Å². The first kappa shape index (κ1) is 15.8. The predicted octanol–water partition coefficient (Wildman–Crippen LogP) is 3.90. The first-order valence-electron chi connectivity index (χ1n) is 7.03. The lowest BCUT2D eigenvalue weighted by atomic mass is 10.2. The van der Waals surface area contributed by atoms with Crippen molar-refractivity contribution in [1.82, 2.24) is 9.78 Å². The molecule has 0 saturated carbocycles. The van der Waals surface area contributed by atoms with Crippen molar-refractivity contribution in [2.24, 2.45) is 0 Å². The van der Waals surface area contributed by atoms with Crippen molar-refractivity contribution in [3.05, 3.63) is 48.0 Å². The maximum absolute atomic E-state index is 13.5. The van der Waals surface area contributed by atoms with Crippen molar-refractivity contribution in [2.75, 3.05) is 5.75 Å². The van der Waals surface area contributed by atoms with Crippen molar-refractivity contribution in [3.8, 4) is 0 Å². The van der Waals surface area contributed by atoms with Crippen molar-refractivity contribution in [2.45, 2.75) is 37.6 Å². The highest BCUT2D eigenvalue weighted by atomic mass is 32.2. The number of rotatable bonds is 7. The Hall–Kier alpha value is -1.62. The molecule has 0 bridgehead atoms. The Bertz CT molecular complexity index is 612. The number of Topliss-reactive ketones (excluding diaryl/α,β-unsaturated/α-hetero) is 1. The SMILES string of the molecule is CCC(C)n1ccc(CC(=O)CSc2ccccc2F)n1. The molecule has 112 valence electrons. The Morgan fingerprint density at radius 3 is 2.86 bits per heavy atom. The van der Waals surface area contributed by atoms with Gasteiger partial charge < -0.3 is 0 Å². The summed E-state index contributed by atoms with van der Waals surface area (Å²) >= 11 is 1.23. The van der Waals surface area contributed by atoms with Gasteiger partial charge in [0.1, 0.15) is 11.6 Å². The van der Waals surface area contributed by atoms with Crippen molar-refractivity contribution < 1.29 is 9.18 Å². The zero-order valence-electron chi connectivity index (χ0n) is 12.3. The Morgan fingerprint density at radius 1 is 1.38 bits per heavy atom. The van der Waals surface area contributed by atoms with Crippen LogP contribution in [0.25, 0.3) is 0 Å². The Labute approximate surface area is 128 Å². The van der Waals surface area contributed by atoms with E-state index in [1.54, 1.807) is 18.2 Å². The molecule has 2 aromatic rings. The monoisotopic (exact) mass is 306 g/mol. The van der Waals surface area contributed by atoms with E-state index in [1.807, 2.05) is 16.9 Å². The maximum Gasteiger partial charge on any atom is 0.149 e. The molecule has 2 rings (SSSR count). The minimum Gasteiger partial charge on any atom is -0.298 e. The third-order valence-electron chi connectivity index (χ3n) is 3.31. The number of benzene rings is 1.